The van der Waals surface area contributed by atoms with Crippen molar-refractivity contribution in [2.24, 2.45) is 0 Å². The van der Waals surface area contributed by atoms with Gasteiger partial charge in [-0.05, 0) is 61.0 Å². The van der Waals surface area contributed by atoms with Gasteiger partial charge in [-0.15, -0.1) is 0 Å². The number of anilines is 4. The number of carbonyl (C=O) groups excluding carboxylic acids is 1. The lowest BCUT2D eigenvalue weighted by Gasteiger charge is -2.36. The Morgan fingerprint density at radius 2 is 1.32 bits per heavy atom. The molecule has 1 atom stereocenters. The Kier molecular flexibility index (Phi) is 8.23. The summed E-state index contributed by atoms with van der Waals surface area (Å²) in [5, 5.41) is 6.35. The Morgan fingerprint density at radius 1 is 0.757 bits per heavy atom. The molecule has 1 unspecified atom stereocenters. The maximum atomic E-state index is 12.8. The summed E-state index contributed by atoms with van der Waals surface area (Å²) in [5.41, 5.74) is 5.50. The third kappa shape index (κ3) is 6.81. The van der Waals surface area contributed by atoms with Gasteiger partial charge in [0.1, 0.15) is 6.04 Å². The van der Waals surface area contributed by atoms with Crippen LogP contribution >= 0.6 is 0 Å². The maximum absolute atomic E-state index is 12.8. The normalized spacial score (nSPS) is 17.3. The van der Waals surface area contributed by atoms with Crippen LogP contribution in [0, 0.1) is 0 Å². The minimum Gasteiger partial charge on any atom is -0.378 e. The number of nitrogens with zero attached hydrogens (tertiary/aromatic N) is 3. The van der Waals surface area contributed by atoms with Crippen molar-refractivity contribution in [2.45, 2.75) is 19.5 Å². The molecule has 0 aliphatic carbocycles. The third-order valence-electron chi connectivity index (χ3n) is 7.14. The third-order valence-corrected chi connectivity index (χ3v) is 7.14. The molecule has 0 bridgehead atoms. The van der Waals surface area contributed by atoms with Crippen LogP contribution in [0.5, 0.6) is 0 Å². The van der Waals surface area contributed by atoms with Gasteiger partial charge in [0.05, 0.1) is 13.2 Å². The second kappa shape index (κ2) is 12.1. The molecule has 0 aromatic heterocycles. The van der Waals surface area contributed by atoms with Gasteiger partial charge in [-0.1, -0.05) is 30.3 Å². The summed E-state index contributed by atoms with van der Waals surface area (Å²) in [7, 11) is 0. The first kappa shape index (κ1) is 25.1. The summed E-state index contributed by atoms with van der Waals surface area (Å²) < 4.78 is 5.42. The Morgan fingerprint density at radius 3 is 1.95 bits per heavy atom. The van der Waals surface area contributed by atoms with Gasteiger partial charge in [-0.3, -0.25) is 9.69 Å². The van der Waals surface area contributed by atoms with Gasteiger partial charge in [0.25, 0.3) is 0 Å². The predicted octanol–water partition coefficient (Wildman–Crippen LogP) is 4.28. The molecular formula is C30H37N5O2. The number of amides is 1. The van der Waals surface area contributed by atoms with Crippen LogP contribution in [0.25, 0.3) is 0 Å². The van der Waals surface area contributed by atoms with Crippen LogP contribution < -0.4 is 20.4 Å². The van der Waals surface area contributed by atoms with Gasteiger partial charge >= 0.3 is 0 Å². The molecule has 2 aliphatic rings. The summed E-state index contributed by atoms with van der Waals surface area (Å²) in [6, 6.07) is 26.8. The van der Waals surface area contributed by atoms with E-state index >= 15 is 0 Å². The molecule has 37 heavy (non-hydrogen) atoms. The van der Waals surface area contributed by atoms with E-state index in [9.17, 15) is 4.79 Å². The second-order valence-corrected chi connectivity index (χ2v) is 9.80. The number of hydrogen-bond acceptors (Lipinski definition) is 6. The van der Waals surface area contributed by atoms with E-state index in [2.05, 4.69) is 92.1 Å². The van der Waals surface area contributed by atoms with Gasteiger partial charge < -0.3 is 25.2 Å². The van der Waals surface area contributed by atoms with E-state index in [1.54, 1.807) is 0 Å². The number of carbonyl (C=O) groups is 1. The molecule has 0 radical (unpaired) electrons. The maximum Gasteiger partial charge on any atom is 0.246 e. The van der Waals surface area contributed by atoms with Gasteiger partial charge in [-0.2, -0.15) is 0 Å². The molecule has 5 rings (SSSR count). The summed E-state index contributed by atoms with van der Waals surface area (Å²) >= 11 is 0. The Balaban J connectivity index is 1.08. The van der Waals surface area contributed by atoms with Crippen LogP contribution in [0.15, 0.2) is 78.9 Å². The molecule has 2 aliphatic heterocycles. The molecule has 7 nitrogen and oxygen atoms in total. The summed E-state index contributed by atoms with van der Waals surface area (Å²) in [5.74, 6) is -0.0577. The fourth-order valence-corrected chi connectivity index (χ4v) is 4.92. The molecular weight excluding hydrogens is 462 g/mol. The van der Waals surface area contributed by atoms with Crippen molar-refractivity contribution in [1.29, 1.82) is 0 Å². The van der Waals surface area contributed by atoms with E-state index in [0.29, 0.717) is 0 Å². The Bertz CT molecular complexity index is 1120. The van der Waals surface area contributed by atoms with Crippen molar-refractivity contribution < 1.29 is 9.53 Å². The van der Waals surface area contributed by atoms with Gasteiger partial charge in [0, 0.05) is 68.6 Å². The molecule has 0 spiro atoms. The average Bonchev–Trinajstić information content (AvgIpc) is 2.95. The minimum absolute atomic E-state index is 0.0577. The molecule has 194 valence electrons. The zero-order valence-electron chi connectivity index (χ0n) is 21.6. The van der Waals surface area contributed by atoms with Gasteiger partial charge in [0.15, 0.2) is 0 Å². The number of rotatable bonds is 8. The molecule has 3 aromatic rings. The molecule has 2 heterocycles. The highest BCUT2D eigenvalue weighted by molar-refractivity contribution is 5.96. The first-order chi connectivity index (χ1) is 18.1. The lowest BCUT2D eigenvalue weighted by molar-refractivity contribution is -0.116. The molecule has 1 amide bonds. The lowest BCUT2D eigenvalue weighted by Crippen LogP contribution is -2.45. The number of piperazine rings is 1. The van der Waals surface area contributed by atoms with E-state index in [4.69, 9.17) is 4.74 Å². The number of nitrogens with one attached hydrogen (secondary N) is 2. The first-order valence-corrected chi connectivity index (χ1v) is 13.3. The number of benzene rings is 3. The molecule has 2 N–H and O–H groups in total. The van der Waals surface area contributed by atoms with Crippen LogP contribution in [0.1, 0.15) is 12.5 Å². The van der Waals surface area contributed by atoms with Crippen molar-refractivity contribution in [3.63, 3.8) is 0 Å². The molecule has 3 aromatic carbocycles. The van der Waals surface area contributed by atoms with Crippen molar-refractivity contribution in [1.82, 2.24) is 4.90 Å². The molecule has 0 saturated carbocycles. The monoisotopic (exact) mass is 499 g/mol. The topological polar surface area (TPSA) is 60.1 Å². The molecule has 2 fully saturated rings. The van der Waals surface area contributed by atoms with Crippen LogP contribution in [0.3, 0.4) is 0 Å². The average molecular weight is 500 g/mol. The molecule has 2 saturated heterocycles. The number of ether oxygens (including phenoxy) is 1. The van der Waals surface area contributed by atoms with Crippen LogP contribution in [0.4, 0.5) is 22.7 Å². The van der Waals surface area contributed by atoms with E-state index in [1.165, 1.54) is 11.3 Å². The van der Waals surface area contributed by atoms with Crippen LogP contribution in [-0.4, -0.2) is 69.3 Å². The first-order valence-electron chi connectivity index (χ1n) is 13.3. The standard InChI is InChI=1S/C30H37N5O2/c1-24(30(36)32-27-9-13-29(14-10-27)35-19-21-37-22-20-35)31-26-7-11-28(12-8-26)34-17-15-33(16-18-34)23-25-5-3-2-4-6-25/h2-14,24,31H,15-23H2,1H3,(H,32,36). The van der Waals surface area contributed by atoms with E-state index < -0.39 is 0 Å². The van der Waals surface area contributed by atoms with Crippen LogP contribution in [0.2, 0.25) is 0 Å². The fraction of sp³-hybridized carbons (Fsp3) is 0.367. The highest BCUT2D eigenvalue weighted by Gasteiger charge is 2.18. The van der Waals surface area contributed by atoms with Gasteiger partial charge in [-0.25, -0.2) is 0 Å². The number of hydrogen-bond donors (Lipinski definition) is 2. The summed E-state index contributed by atoms with van der Waals surface area (Å²) in [6.07, 6.45) is 0. The highest BCUT2D eigenvalue weighted by Crippen LogP contribution is 2.22. The fourth-order valence-electron chi connectivity index (χ4n) is 4.92. The molecule has 7 heteroatoms. The predicted molar refractivity (Wildman–Crippen MR) is 152 cm³/mol. The van der Waals surface area contributed by atoms with Gasteiger partial charge in [0.2, 0.25) is 5.91 Å². The van der Waals surface area contributed by atoms with E-state index in [-0.39, 0.29) is 11.9 Å². The largest absolute Gasteiger partial charge is 0.378 e. The highest BCUT2D eigenvalue weighted by atomic mass is 16.5. The smallest absolute Gasteiger partial charge is 0.246 e. The van der Waals surface area contributed by atoms with Crippen molar-refractivity contribution in [3.8, 4) is 0 Å². The zero-order chi connectivity index (χ0) is 25.5. The number of morpholine rings is 1. The second-order valence-electron chi connectivity index (χ2n) is 9.80. The van der Waals surface area contributed by atoms with E-state index in [0.717, 1.165) is 76.1 Å². The minimum atomic E-state index is -0.355. The SMILES string of the molecule is CC(Nc1ccc(N2CCN(Cc3ccccc3)CC2)cc1)C(=O)Nc1ccc(N2CCOCC2)cc1. The van der Waals surface area contributed by atoms with Crippen LogP contribution in [-0.2, 0) is 16.1 Å². The lowest BCUT2D eigenvalue weighted by atomic mass is 10.2. The Hall–Kier alpha value is -3.55. The summed E-state index contributed by atoms with van der Waals surface area (Å²) in [6.45, 7) is 10.4. The van der Waals surface area contributed by atoms with Crippen molar-refractivity contribution in [3.05, 3.63) is 84.4 Å². The zero-order valence-corrected chi connectivity index (χ0v) is 21.6. The summed E-state index contributed by atoms with van der Waals surface area (Å²) in [4.78, 5) is 20.0. The van der Waals surface area contributed by atoms with Crippen molar-refractivity contribution in [2.75, 3.05) is 72.9 Å². The quantitative estimate of drug-likeness (QED) is 0.482. The van der Waals surface area contributed by atoms with E-state index in [1.807, 2.05) is 19.1 Å². The van der Waals surface area contributed by atoms with Crippen molar-refractivity contribution >= 4 is 28.7 Å². The Labute approximate surface area is 220 Å².